The van der Waals surface area contributed by atoms with Crippen LogP contribution < -0.4 is 10.6 Å². The lowest BCUT2D eigenvalue weighted by molar-refractivity contribution is -0.129. The van der Waals surface area contributed by atoms with Crippen molar-refractivity contribution in [2.24, 2.45) is 5.41 Å². The van der Waals surface area contributed by atoms with E-state index in [-0.39, 0.29) is 17.2 Å². The van der Waals surface area contributed by atoms with Gasteiger partial charge in [0.25, 0.3) is 0 Å². The van der Waals surface area contributed by atoms with E-state index in [9.17, 15) is 4.79 Å². The Morgan fingerprint density at radius 1 is 1.38 bits per heavy atom. The first-order valence-electron chi connectivity index (χ1n) is 5.85. The first-order chi connectivity index (χ1) is 7.83. The smallest absolute Gasteiger partial charge is 0.227 e. The molecule has 16 heavy (non-hydrogen) atoms. The van der Waals surface area contributed by atoms with Crippen LogP contribution in [0.25, 0.3) is 0 Å². The number of rotatable bonds is 1. The zero-order chi connectivity index (χ0) is 11.0. The summed E-state index contributed by atoms with van der Waals surface area (Å²) in [6.45, 7) is 2.56. The maximum absolute atomic E-state index is 12.1. The van der Waals surface area contributed by atoms with Gasteiger partial charge in [-0.05, 0) is 38.1 Å². The summed E-state index contributed by atoms with van der Waals surface area (Å²) in [7, 11) is 0. The molecule has 2 aliphatic rings. The highest BCUT2D eigenvalue weighted by Gasteiger charge is 2.52. The van der Waals surface area contributed by atoms with Crippen LogP contribution in [-0.2, 0) is 4.79 Å². The van der Waals surface area contributed by atoms with E-state index in [1.807, 2.05) is 12.1 Å². The van der Waals surface area contributed by atoms with Crippen LogP contribution in [0.2, 0.25) is 0 Å². The average Bonchev–Trinajstić information content (AvgIpc) is 2.91. The predicted octanol–water partition coefficient (Wildman–Crippen LogP) is 0.863. The quantitative estimate of drug-likeness (QED) is 0.738. The van der Waals surface area contributed by atoms with Crippen molar-refractivity contribution in [1.29, 1.82) is 0 Å². The van der Waals surface area contributed by atoms with Crippen LogP contribution in [0.4, 0.5) is 0 Å². The molecule has 0 aromatic carbocycles. The van der Waals surface area contributed by atoms with Crippen LogP contribution in [-0.4, -0.2) is 25.5 Å². The van der Waals surface area contributed by atoms with E-state index in [4.69, 9.17) is 4.42 Å². The number of carbonyl (C=O) groups excluding carboxylic acids is 1. The Bertz CT molecular complexity index is 380. The molecular weight excluding hydrogens is 204 g/mol. The summed E-state index contributed by atoms with van der Waals surface area (Å²) < 4.78 is 5.48. The van der Waals surface area contributed by atoms with E-state index in [1.165, 1.54) is 0 Å². The van der Waals surface area contributed by atoms with Gasteiger partial charge in [-0.15, -0.1) is 0 Å². The molecule has 3 heterocycles. The van der Waals surface area contributed by atoms with Crippen molar-refractivity contribution < 1.29 is 9.21 Å². The molecule has 1 amide bonds. The van der Waals surface area contributed by atoms with Gasteiger partial charge in [0, 0.05) is 12.5 Å². The Labute approximate surface area is 94.4 Å². The van der Waals surface area contributed by atoms with Crippen LogP contribution >= 0.6 is 0 Å². The van der Waals surface area contributed by atoms with Gasteiger partial charge in [-0.2, -0.15) is 0 Å². The molecule has 3 rings (SSSR count). The highest BCUT2D eigenvalue weighted by molar-refractivity contribution is 5.86. The maximum atomic E-state index is 12.1. The van der Waals surface area contributed by atoms with Crippen molar-refractivity contribution in [3.63, 3.8) is 0 Å². The molecule has 0 saturated carbocycles. The summed E-state index contributed by atoms with van der Waals surface area (Å²) >= 11 is 0. The number of hydrogen-bond donors (Lipinski definition) is 2. The fourth-order valence-corrected chi connectivity index (χ4v) is 3.04. The summed E-state index contributed by atoms with van der Waals surface area (Å²) in [6, 6.07) is 3.88. The fourth-order valence-electron chi connectivity index (χ4n) is 3.04. The van der Waals surface area contributed by atoms with Gasteiger partial charge in [0.1, 0.15) is 5.76 Å². The first-order valence-corrected chi connectivity index (χ1v) is 5.85. The van der Waals surface area contributed by atoms with Gasteiger partial charge in [0.15, 0.2) is 0 Å². The number of amides is 1. The number of piperidine rings is 1. The van der Waals surface area contributed by atoms with E-state index in [2.05, 4.69) is 10.6 Å². The molecule has 2 fully saturated rings. The van der Waals surface area contributed by atoms with E-state index >= 15 is 0 Å². The summed E-state index contributed by atoms with van der Waals surface area (Å²) in [5.41, 5.74) is -0.233. The topological polar surface area (TPSA) is 54.3 Å². The average molecular weight is 220 g/mol. The number of hydrogen-bond acceptors (Lipinski definition) is 3. The highest BCUT2D eigenvalue weighted by atomic mass is 16.3. The predicted molar refractivity (Wildman–Crippen MR) is 59.0 cm³/mol. The minimum absolute atomic E-state index is 0.204. The van der Waals surface area contributed by atoms with Gasteiger partial charge in [0.05, 0.1) is 11.7 Å². The third kappa shape index (κ3) is 1.29. The largest absolute Gasteiger partial charge is 0.469 e. The Morgan fingerprint density at radius 3 is 2.88 bits per heavy atom. The molecule has 1 aromatic rings. The molecule has 4 nitrogen and oxygen atoms in total. The molecule has 1 unspecified atom stereocenters. The fraction of sp³-hybridized carbons (Fsp3) is 0.583. The van der Waals surface area contributed by atoms with Crippen molar-refractivity contribution in [3.05, 3.63) is 24.2 Å². The van der Waals surface area contributed by atoms with Crippen LogP contribution in [0.5, 0.6) is 0 Å². The molecule has 0 bridgehead atoms. The number of furan rings is 1. The molecule has 4 heteroatoms. The standard InChI is InChI=1S/C12H16N2O2/c15-11-12(3-5-13-6-4-12)9(8-14-11)10-2-1-7-16-10/h1-2,7,9,13H,3-6,8H2,(H,14,15). The third-order valence-corrected chi connectivity index (χ3v) is 3.97. The van der Waals surface area contributed by atoms with Crippen molar-refractivity contribution in [1.82, 2.24) is 10.6 Å². The number of nitrogens with one attached hydrogen (secondary N) is 2. The van der Waals surface area contributed by atoms with Gasteiger partial charge in [-0.25, -0.2) is 0 Å². The minimum Gasteiger partial charge on any atom is -0.469 e. The molecule has 86 valence electrons. The molecule has 0 radical (unpaired) electrons. The lowest BCUT2D eigenvalue weighted by atomic mass is 9.70. The molecular formula is C12H16N2O2. The van der Waals surface area contributed by atoms with Crippen LogP contribution in [0.1, 0.15) is 24.5 Å². The second-order valence-corrected chi connectivity index (χ2v) is 4.68. The van der Waals surface area contributed by atoms with Gasteiger partial charge < -0.3 is 15.1 Å². The molecule has 2 N–H and O–H groups in total. The van der Waals surface area contributed by atoms with E-state index < -0.39 is 0 Å². The second kappa shape index (κ2) is 3.63. The molecule has 1 spiro atoms. The first kappa shape index (κ1) is 9.90. The van der Waals surface area contributed by atoms with Crippen molar-refractivity contribution in [2.75, 3.05) is 19.6 Å². The third-order valence-electron chi connectivity index (χ3n) is 3.97. The summed E-state index contributed by atoms with van der Waals surface area (Å²) in [5.74, 6) is 1.35. The van der Waals surface area contributed by atoms with Crippen molar-refractivity contribution in [2.45, 2.75) is 18.8 Å². The van der Waals surface area contributed by atoms with Gasteiger partial charge in [-0.3, -0.25) is 4.79 Å². The minimum atomic E-state index is -0.233. The summed E-state index contributed by atoms with van der Waals surface area (Å²) in [5, 5.41) is 6.30. The van der Waals surface area contributed by atoms with E-state index in [0.29, 0.717) is 6.54 Å². The Morgan fingerprint density at radius 2 is 2.19 bits per heavy atom. The lowest BCUT2D eigenvalue weighted by Crippen LogP contribution is -2.44. The molecule has 2 aliphatic heterocycles. The molecule has 1 atom stereocenters. The summed E-state index contributed by atoms with van der Waals surface area (Å²) in [4.78, 5) is 12.1. The number of carbonyl (C=O) groups is 1. The molecule has 0 aliphatic carbocycles. The molecule has 2 saturated heterocycles. The Hall–Kier alpha value is -1.29. The van der Waals surface area contributed by atoms with Crippen molar-refractivity contribution >= 4 is 5.91 Å². The molecule has 1 aromatic heterocycles. The Kier molecular flexibility index (Phi) is 2.24. The Balaban J connectivity index is 1.95. The second-order valence-electron chi connectivity index (χ2n) is 4.68. The zero-order valence-corrected chi connectivity index (χ0v) is 9.16. The zero-order valence-electron chi connectivity index (χ0n) is 9.16. The highest BCUT2D eigenvalue weighted by Crippen LogP contribution is 2.46. The van der Waals surface area contributed by atoms with Crippen LogP contribution in [0.3, 0.4) is 0 Å². The SMILES string of the molecule is O=C1NCC(c2ccco2)C12CCNCC2. The van der Waals surface area contributed by atoms with E-state index in [1.54, 1.807) is 6.26 Å². The van der Waals surface area contributed by atoms with Gasteiger partial charge in [0.2, 0.25) is 5.91 Å². The van der Waals surface area contributed by atoms with Crippen molar-refractivity contribution in [3.8, 4) is 0 Å². The monoisotopic (exact) mass is 220 g/mol. The van der Waals surface area contributed by atoms with Crippen LogP contribution in [0.15, 0.2) is 22.8 Å². The van der Waals surface area contributed by atoms with E-state index in [0.717, 1.165) is 31.7 Å². The summed E-state index contributed by atoms with van der Waals surface area (Å²) in [6.07, 6.45) is 3.50. The maximum Gasteiger partial charge on any atom is 0.227 e. The van der Waals surface area contributed by atoms with Gasteiger partial charge in [-0.1, -0.05) is 0 Å². The normalized spacial score (nSPS) is 28.2. The lowest BCUT2D eigenvalue weighted by Gasteiger charge is -2.35. The van der Waals surface area contributed by atoms with Crippen LogP contribution in [0, 0.1) is 5.41 Å². The van der Waals surface area contributed by atoms with Gasteiger partial charge >= 0.3 is 0 Å².